The number of benzene rings is 1. The predicted octanol–water partition coefficient (Wildman–Crippen LogP) is 2.92. The fraction of sp³-hybridized carbons (Fsp3) is 0.625. The molecule has 0 spiro atoms. The van der Waals surface area contributed by atoms with Gasteiger partial charge in [0.1, 0.15) is 0 Å². The smallest absolute Gasteiger partial charge is 0.0645 e. The van der Waals surface area contributed by atoms with Gasteiger partial charge >= 0.3 is 0 Å². The maximum absolute atomic E-state index is 5.72. The minimum Gasteiger partial charge on any atom is -0.399 e. The number of hydrogen-bond donors (Lipinski definition) is 2. The Morgan fingerprint density at radius 1 is 1.37 bits per heavy atom. The molecule has 3 heteroatoms. The van der Waals surface area contributed by atoms with E-state index >= 15 is 0 Å². The Hall–Kier alpha value is -1.06. The van der Waals surface area contributed by atoms with Crippen LogP contribution in [0.3, 0.4) is 0 Å². The first-order valence-electron chi connectivity index (χ1n) is 7.27. The summed E-state index contributed by atoms with van der Waals surface area (Å²) in [5.41, 5.74) is 8.08. The minimum atomic E-state index is 0.166. The number of nitrogens with two attached hydrogens (primary N) is 1. The summed E-state index contributed by atoms with van der Waals surface area (Å²) in [5, 5.41) is 3.66. The molecule has 1 heterocycles. The Balaban J connectivity index is 1.77. The van der Waals surface area contributed by atoms with E-state index in [0.29, 0.717) is 5.92 Å². The van der Waals surface area contributed by atoms with Gasteiger partial charge in [-0.1, -0.05) is 19.1 Å². The number of nitrogen functional groups attached to an aromatic ring is 1. The SMILES string of the molecule is CC(CCNC1(C)CCCOC1)c1ccc(N)cc1. The Morgan fingerprint density at radius 3 is 2.74 bits per heavy atom. The van der Waals surface area contributed by atoms with Gasteiger partial charge in [0.15, 0.2) is 0 Å². The van der Waals surface area contributed by atoms with E-state index in [2.05, 4.69) is 31.3 Å². The second kappa shape index (κ2) is 6.40. The van der Waals surface area contributed by atoms with E-state index in [-0.39, 0.29) is 5.54 Å². The van der Waals surface area contributed by atoms with Crippen molar-refractivity contribution < 1.29 is 4.74 Å². The van der Waals surface area contributed by atoms with Gasteiger partial charge in [-0.15, -0.1) is 0 Å². The Labute approximate surface area is 116 Å². The third-order valence-corrected chi connectivity index (χ3v) is 4.07. The lowest BCUT2D eigenvalue weighted by atomic mass is 9.93. The molecule has 1 saturated heterocycles. The molecule has 1 fully saturated rings. The lowest BCUT2D eigenvalue weighted by Crippen LogP contribution is -2.49. The van der Waals surface area contributed by atoms with Crippen LogP contribution in [0.4, 0.5) is 5.69 Å². The van der Waals surface area contributed by atoms with E-state index in [1.165, 1.54) is 12.0 Å². The van der Waals surface area contributed by atoms with Crippen molar-refractivity contribution in [3.8, 4) is 0 Å². The largest absolute Gasteiger partial charge is 0.399 e. The van der Waals surface area contributed by atoms with Crippen LogP contribution in [-0.2, 0) is 4.74 Å². The molecule has 0 saturated carbocycles. The van der Waals surface area contributed by atoms with E-state index in [1.807, 2.05) is 12.1 Å². The first-order valence-corrected chi connectivity index (χ1v) is 7.27. The topological polar surface area (TPSA) is 47.3 Å². The van der Waals surface area contributed by atoms with Crippen LogP contribution in [0, 0.1) is 0 Å². The van der Waals surface area contributed by atoms with Crippen LogP contribution in [0.15, 0.2) is 24.3 Å². The predicted molar refractivity (Wildman–Crippen MR) is 80.3 cm³/mol. The van der Waals surface area contributed by atoms with E-state index in [0.717, 1.165) is 38.3 Å². The molecule has 2 atom stereocenters. The molecule has 1 aliphatic rings. The normalized spacial score (nSPS) is 25.2. The molecule has 19 heavy (non-hydrogen) atoms. The van der Waals surface area contributed by atoms with Gasteiger partial charge in [0, 0.05) is 17.8 Å². The summed E-state index contributed by atoms with van der Waals surface area (Å²) in [4.78, 5) is 0. The van der Waals surface area contributed by atoms with Crippen LogP contribution in [0.2, 0.25) is 0 Å². The summed E-state index contributed by atoms with van der Waals surface area (Å²) in [5.74, 6) is 0.557. The molecular weight excluding hydrogens is 236 g/mol. The molecule has 1 aromatic carbocycles. The van der Waals surface area contributed by atoms with Crippen molar-refractivity contribution in [2.45, 2.75) is 44.6 Å². The molecule has 3 N–H and O–H groups in total. The first-order chi connectivity index (χ1) is 9.09. The lowest BCUT2D eigenvalue weighted by molar-refractivity contribution is 0.0285. The fourth-order valence-corrected chi connectivity index (χ4v) is 2.66. The molecule has 3 nitrogen and oxygen atoms in total. The third kappa shape index (κ3) is 4.22. The summed E-state index contributed by atoms with van der Waals surface area (Å²) in [6.07, 6.45) is 3.51. The average Bonchev–Trinajstić information content (AvgIpc) is 2.40. The van der Waals surface area contributed by atoms with Crippen LogP contribution in [0.5, 0.6) is 0 Å². The molecule has 1 aliphatic heterocycles. The van der Waals surface area contributed by atoms with Crippen molar-refractivity contribution in [3.05, 3.63) is 29.8 Å². The summed E-state index contributed by atoms with van der Waals surface area (Å²) >= 11 is 0. The highest BCUT2D eigenvalue weighted by Crippen LogP contribution is 2.22. The Kier molecular flexibility index (Phi) is 4.83. The van der Waals surface area contributed by atoms with Crippen molar-refractivity contribution in [2.75, 3.05) is 25.5 Å². The number of anilines is 1. The zero-order valence-corrected chi connectivity index (χ0v) is 12.1. The first kappa shape index (κ1) is 14.4. The van der Waals surface area contributed by atoms with Crippen LogP contribution >= 0.6 is 0 Å². The van der Waals surface area contributed by atoms with Crippen molar-refractivity contribution in [1.29, 1.82) is 0 Å². The van der Waals surface area contributed by atoms with E-state index in [9.17, 15) is 0 Å². The second-order valence-corrected chi connectivity index (χ2v) is 6.00. The summed E-state index contributed by atoms with van der Waals surface area (Å²) in [7, 11) is 0. The number of nitrogens with one attached hydrogen (secondary N) is 1. The maximum atomic E-state index is 5.72. The monoisotopic (exact) mass is 262 g/mol. The van der Waals surface area contributed by atoms with Crippen LogP contribution in [0.1, 0.15) is 44.6 Å². The van der Waals surface area contributed by atoms with Crippen molar-refractivity contribution >= 4 is 5.69 Å². The molecule has 0 aromatic heterocycles. The Morgan fingerprint density at radius 2 is 2.11 bits per heavy atom. The van der Waals surface area contributed by atoms with E-state index in [1.54, 1.807) is 0 Å². The number of ether oxygens (including phenoxy) is 1. The minimum absolute atomic E-state index is 0.166. The third-order valence-electron chi connectivity index (χ3n) is 4.07. The van der Waals surface area contributed by atoms with Crippen molar-refractivity contribution in [2.24, 2.45) is 0 Å². The van der Waals surface area contributed by atoms with Crippen molar-refractivity contribution in [1.82, 2.24) is 5.32 Å². The lowest BCUT2D eigenvalue weighted by Gasteiger charge is -2.35. The van der Waals surface area contributed by atoms with Gasteiger partial charge in [0.2, 0.25) is 0 Å². The summed E-state index contributed by atoms with van der Waals surface area (Å²) in [6.45, 7) is 7.32. The molecule has 106 valence electrons. The second-order valence-electron chi connectivity index (χ2n) is 6.00. The average molecular weight is 262 g/mol. The standard InChI is InChI=1S/C16H26N2O/c1-13(14-4-6-15(17)7-5-14)8-10-18-16(2)9-3-11-19-12-16/h4-7,13,18H,3,8-12,17H2,1-2H3. The molecule has 0 radical (unpaired) electrons. The molecule has 2 rings (SSSR count). The molecule has 0 amide bonds. The van der Waals surface area contributed by atoms with Gasteiger partial charge in [0.05, 0.1) is 6.61 Å². The van der Waals surface area contributed by atoms with Gasteiger partial charge in [0.25, 0.3) is 0 Å². The molecule has 1 aromatic rings. The van der Waals surface area contributed by atoms with E-state index in [4.69, 9.17) is 10.5 Å². The zero-order chi connectivity index (χ0) is 13.7. The fourth-order valence-electron chi connectivity index (χ4n) is 2.66. The number of hydrogen-bond acceptors (Lipinski definition) is 3. The van der Waals surface area contributed by atoms with Crippen LogP contribution in [-0.4, -0.2) is 25.3 Å². The summed E-state index contributed by atoms with van der Waals surface area (Å²) in [6, 6.07) is 8.22. The number of rotatable bonds is 5. The highest BCUT2D eigenvalue weighted by molar-refractivity contribution is 5.40. The van der Waals surface area contributed by atoms with Gasteiger partial charge in [-0.3, -0.25) is 0 Å². The maximum Gasteiger partial charge on any atom is 0.0645 e. The highest BCUT2D eigenvalue weighted by atomic mass is 16.5. The van der Waals surface area contributed by atoms with E-state index < -0.39 is 0 Å². The van der Waals surface area contributed by atoms with Crippen LogP contribution in [0.25, 0.3) is 0 Å². The molecule has 2 unspecified atom stereocenters. The van der Waals surface area contributed by atoms with Gasteiger partial charge < -0.3 is 15.8 Å². The highest BCUT2D eigenvalue weighted by Gasteiger charge is 2.26. The van der Waals surface area contributed by atoms with Gasteiger partial charge in [-0.25, -0.2) is 0 Å². The molecule has 0 aliphatic carbocycles. The zero-order valence-electron chi connectivity index (χ0n) is 12.1. The van der Waals surface area contributed by atoms with Gasteiger partial charge in [-0.05, 0) is 56.3 Å². The molecule has 0 bridgehead atoms. The Bertz CT molecular complexity index is 382. The molecular formula is C16H26N2O. The van der Waals surface area contributed by atoms with Gasteiger partial charge in [-0.2, -0.15) is 0 Å². The summed E-state index contributed by atoms with van der Waals surface area (Å²) < 4.78 is 5.56. The van der Waals surface area contributed by atoms with Crippen molar-refractivity contribution in [3.63, 3.8) is 0 Å². The van der Waals surface area contributed by atoms with Crippen LogP contribution < -0.4 is 11.1 Å². The quantitative estimate of drug-likeness (QED) is 0.802.